The fourth-order valence-corrected chi connectivity index (χ4v) is 4.53. The van der Waals surface area contributed by atoms with E-state index >= 15 is 0 Å². The van der Waals surface area contributed by atoms with Crippen LogP contribution in [0.3, 0.4) is 0 Å². The van der Waals surface area contributed by atoms with Crippen molar-refractivity contribution >= 4 is 11.9 Å². The molecule has 6 nitrogen and oxygen atoms in total. The quantitative estimate of drug-likeness (QED) is 0.762. The summed E-state index contributed by atoms with van der Waals surface area (Å²) in [6.45, 7) is 7.21. The third kappa shape index (κ3) is 3.41. The lowest BCUT2D eigenvalue weighted by Crippen LogP contribution is -2.50. The molecular weight excluding hydrogens is 318 g/mol. The lowest BCUT2D eigenvalue weighted by atomic mass is 9.73. The van der Waals surface area contributed by atoms with Crippen LogP contribution in [-0.4, -0.2) is 56.7 Å². The Bertz CT molecular complexity index is 572. The van der Waals surface area contributed by atoms with Crippen LogP contribution in [0.5, 0.6) is 0 Å². The van der Waals surface area contributed by atoms with Gasteiger partial charge < -0.3 is 20.3 Å². The fourth-order valence-electron chi connectivity index (χ4n) is 4.53. The zero-order chi connectivity index (χ0) is 18.1. The summed E-state index contributed by atoms with van der Waals surface area (Å²) in [7, 11) is 1.67. The first kappa shape index (κ1) is 18.2. The van der Waals surface area contributed by atoms with Crippen molar-refractivity contribution in [1.29, 1.82) is 0 Å². The van der Waals surface area contributed by atoms with E-state index in [-0.39, 0.29) is 23.3 Å². The first-order valence-corrected chi connectivity index (χ1v) is 9.41. The molecule has 140 valence electrons. The minimum atomic E-state index is -0.492. The topological polar surface area (TPSA) is 70.7 Å². The van der Waals surface area contributed by atoms with Crippen LogP contribution in [0.2, 0.25) is 0 Å². The number of urea groups is 1. The summed E-state index contributed by atoms with van der Waals surface area (Å²) in [5, 5.41) is 5.89. The van der Waals surface area contributed by atoms with Crippen molar-refractivity contribution in [1.82, 2.24) is 15.5 Å². The summed E-state index contributed by atoms with van der Waals surface area (Å²) in [5.74, 6) is 0.116. The molecule has 25 heavy (non-hydrogen) atoms. The number of carbonyl (C=O) groups excluding carboxylic acids is 2. The van der Waals surface area contributed by atoms with Gasteiger partial charge in [0.2, 0.25) is 5.91 Å². The normalized spacial score (nSPS) is 29.2. The van der Waals surface area contributed by atoms with Crippen molar-refractivity contribution in [2.24, 2.45) is 16.7 Å². The number of hydrogen-bond donors (Lipinski definition) is 2. The van der Waals surface area contributed by atoms with Crippen LogP contribution in [-0.2, 0) is 9.53 Å². The first-order chi connectivity index (χ1) is 11.9. The van der Waals surface area contributed by atoms with E-state index in [4.69, 9.17) is 4.74 Å². The molecule has 0 bridgehead atoms. The van der Waals surface area contributed by atoms with E-state index in [0.717, 1.165) is 12.8 Å². The van der Waals surface area contributed by atoms with Gasteiger partial charge in [0, 0.05) is 44.6 Å². The first-order valence-electron chi connectivity index (χ1n) is 9.41. The Morgan fingerprint density at radius 3 is 2.92 bits per heavy atom. The number of hydrogen-bond acceptors (Lipinski definition) is 3. The molecule has 6 heteroatoms. The smallest absolute Gasteiger partial charge is 0.317 e. The molecule has 2 aliphatic heterocycles. The van der Waals surface area contributed by atoms with Gasteiger partial charge in [0.15, 0.2) is 0 Å². The maximum atomic E-state index is 12.7. The lowest BCUT2D eigenvalue weighted by molar-refractivity contribution is -0.138. The summed E-state index contributed by atoms with van der Waals surface area (Å²) in [5.41, 5.74) is 0.937. The number of ether oxygens (including phenoxy) is 1. The summed E-state index contributed by atoms with van der Waals surface area (Å²) in [6.07, 6.45) is 6.49. The molecule has 2 heterocycles. The van der Waals surface area contributed by atoms with E-state index < -0.39 is 5.41 Å². The van der Waals surface area contributed by atoms with Gasteiger partial charge in [-0.15, -0.1) is 0 Å². The van der Waals surface area contributed by atoms with Gasteiger partial charge >= 0.3 is 6.03 Å². The van der Waals surface area contributed by atoms with Crippen molar-refractivity contribution in [3.8, 4) is 0 Å². The zero-order valence-electron chi connectivity index (χ0n) is 15.7. The number of amides is 3. The van der Waals surface area contributed by atoms with Crippen LogP contribution < -0.4 is 10.6 Å². The highest BCUT2D eigenvalue weighted by Crippen LogP contribution is 2.42. The van der Waals surface area contributed by atoms with E-state index in [2.05, 4.69) is 30.6 Å². The van der Waals surface area contributed by atoms with Crippen molar-refractivity contribution in [3.63, 3.8) is 0 Å². The van der Waals surface area contributed by atoms with Crippen LogP contribution in [0.25, 0.3) is 0 Å². The van der Waals surface area contributed by atoms with Gasteiger partial charge in [-0.2, -0.15) is 0 Å². The molecule has 3 rings (SSSR count). The van der Waals surface area contributed by atoms with Crippen molar-refractivity contribution < 1.29 is 14.3 Å². The number of carbonyl (C=O) groups is 2. The van der Waals surface area contributed by atoms with E-state index in [1.165, 1.54) is 12.0 Å². The molecule has 2 N–H and O–H groups in total. The van der Waals surface area contributed by atoms with Gasteiger partial charge in [0.25, 0.3) is 0 Å². The number of allylic oxidation sites excluding steroid dienone is 1. The van der Waals surface area contributed by atoms with Crippen LogP contribution in [0.1, 0.15) is 39.5 Å². The minimum Gasteiger partial charge on any atom is -0.381 e. The Balaban J connectivity index is 1.62. The average Bonchev–Trinajstić information content (AvgIpc) is 3.27. The molecule has 0 saturated carbocycles. The third-order valence-electron chi connectivity index (χ3n) is 6.27. The third-order valence-corrected chi connectivity index (χ3v) is 6.27. The number of rotatable bonds is 4. The molecule has 0 spiro atoms. The highest BCUT2D eigenvalue weighted by atomic mass is 16.5. The fraction of sp³-hybridized carbons (Fsp3) is 0.789. The molecule has 3 aliphatic rings. The van der Waals surface area contributed by atoms with E-state index in [1.54, 1.807) is 11.9 Å². The molecule has 0 aromatic carbocycles. The number of nitrogens with zero attached hydrogens (tertiary/aromatic N) is 1. The molecule has 0 unspecified atom stereocenters. The Morgan fingerprint density at radius 1 is 1.44 bits per heavy atom. The second-order valence-electron chi connectivity index (χ2n) is 8.30. The van der Waals surface area contributed by atoms with Crippen LogP contribution >= 0.6 is 0 Å². The summed E-state index contributed by atoms with van der Waals surface area (Å²) >= 11 is 0. The Kier molecular flexibility index (Phi) is 5.09. The van der Waals surface area contributed by atoms with Gasteiger partial charge in [-0.25, -0.2) is 4.79 Å². The number of nitrogens with one attached hydrogen (secondary N) is 2. The van der Waals surface area contributed by atoms with Gasteiger partial charge in [-0.05, 0) is 25.7 Å². The monoisotopic (exact) mass is 349 g/mol. The van der Waals surface area contributed by atoms with Gasteiger partial charge in [-0.3, -0.25) is 4.79 Å². The van der Waals surface area contributed by atoms with Crippen LogP contribution in [0, 0.1) is 16.7 Å². The Hall–Kier alpha value is -1.56. The maximum Gasteiger partial charge on any atom is 0.317 e. The van der Waals surface area contributed by atoms with Gasteiger partial charge in [0.05, 0.1) is 12.0 Å². The SMILES string of the molecule is CNC(=O)[C@@]12CCOC[C@@H]1CN(C(=O)NCC(C)(C)C1=CCCC1)C2. The Labute approximate surface area is 150 Å². The van der Waals surface area contributed by atoms with Gasteiger partial charge in [0.1, 0.15) is 0 Å². The average molecular weight is 349 g/mol. The second-order valence-corrected chi connectivity index (χ2v) is 8.30. The molecule has 2 atom stereocenters. The number of likely N-dealkylation sites (tertiary alicyclic amines) is 1. The molecule has 1 aliphatic carbocycles. The van der Waals surface area contributed by atoms with Crippen molar-refractivity contribution in [2.45, 2.75) is 39.5 Å². The molecule has 2 saturated heterocycles. The molecule has 0 aromatic rings. The van der Waals surface area contributed by atoms with Crippen molar-refractivity contribution in [2.75, 3.05) is 39.9 Å². The van der Waals surface area contributed by atoms with E-state index in [1.807, 2.05) is 0 Å². The largest absolute Gasteiger partial charge is 0.381 e. The zero-order valence-corrected chi connectivity index (χ0v) is 15.7. The highest BCUT2D eigenvalue weighted by molar-refractivity contribution is 5.85. The molecule has 0 aromatic heterocycles. The molecule has 2 fully saturated rings. The summed E-state index contributed by atoms with van der Waals surface area (Å²) < 4.78 is 5.57. The maximum absolute atomic E-state index is 12.7. The summed E-state index contributed by atoms with van der Waals surface area (Å²) in [4.78, 5) is 27.0. The molecule has 0 radical (unpaired) electrons. The van der Waals surface area contributed by atoms with E-state index in [9.17, 15) is 9.59 Å². The van der Waals surface area contributed by atoms with Gasteiger partial charge in [-0.1, -0.05) is 25.5 Å². The van der Waals surface area contributed by atoms with Crippen LogP contribution in [0.15, 0.2) is 11.6 Å². The van der Waals surface area contributed by atoms with Crippen LogP contribution in [0.4, 0.5) is 4.79 Å². The molecule has 3 amide bonds. The predicted molar refractivity (Wildman–Crippen MR) is 96.1 cm³/mol. The molecular formula is C19H31N3O3. The second kappa shape index (κ2) is 6.98. The highest BCUT2D eigenvalue weighted by Gasteiger charge is 2.54. The standard InChI is InChI=1S/C19H31N3O3/c1-18(2,14-6-4-5-7-14)12-21-17(24)22-10-15-11-25-9-8-19(15,13-22)16(23)20-3/h6,15H,4-5,7-13H2,1-3H3,(H,20,23)(H,21,24)/t15-,19+/m0/s1. The predicted octanol–water partition coefficient (Wildman–Crippen LogP) is 1.92. The van der Waals surface area contributed by atoms with Crippen molar-refractivity contribution in [3.05, 3.63) is 11.6 Å². The van der Waals surface area contributed by atoms with E-state index in [0.29, 0.717) is 39.3 Å². The summed E-state index contributed by atoms with van der Waals surface area (Å²) in [6, 6.07) is -0.0654. The minimum absolute atomic E-state index is 0.0137. The Morgan fingerprint density at radius 2 is 2.24 bits per heavy atom. The number of fused-ring (bicyclic) bond motifs is 1. The lowest BCUT2D eigenvalue weighted by Gasteiger charge is -2.36.